The molecule has 0 spiro atoms. The lowest BCUT2D eigenvalue weighted by molar-refractivity contribution is -0.143. The van der Waals surface area contributed by atoms with Gasteiger partial charge in [0.1, 0.15) is 23.0 Å². The lowest BCUT2D eigenvalue weighted by Crippen LogP contribution is -2.21. The monoisotopic (exact) mass is 493 g/mol. The van der Waals surface area contributed by atoms with Crippen LogP contribution in [0.5, 0.6) is 0 Å². The first kappa shape index (κ1) is 22.6. The van der Waals surface area contributed by atoms with Crippen molar-refractivity contribution in [2.24, 2.45) is 0 Å². The van der Waals surface area contributed by atoms with Crippen molar-refractivity contribution in [3.05, 3.63) is 84.0 Å². The Balaban J connectivity index is 1.55. The van der Waals surface area contributed by atoms with Crippen LogP contribution in [-0.4, -0.2) is 40.6 Å². The average Bonchev–Trinajstić information content (AvgIpc) is 3.55. The smallest absolute Gasteiger partial charge is 0.320 e. The number of carbonyl (C=O) groups excluding carboxylic acids is 1. The van der Waals surface area contributed by atoms with E-state index in [0.717, 1.165) is 29.3 Å². The number of nitrogens with one attached hydrogen (secondary N) is 1. The summed E-state index contributed by atoms with van der Waals surface area (Å²) in [6.45, 7) is 0. The Morgan fingerprint density at radius 3 is 2.53 bits per heavy atom. The van der Waals surface area contributed by atoms with E-state index in [0.29, 0.717) is 4.68 Å². The van der Waals surface area contributed by atoms with Gasteiger partial charge < -0.3 is 5.32 Å². The van der Waals surface area contributed by atoms with Crippen LogP contribution in [0.25, 0.3) is 22.4 Å². The molecule has 4 aromatic heterocycles. The lowest BCUT2D eigenvalue weighted by Gasteiger charge is -2.14. The minimum atomic E-state index is -5.00. The molecule has 0 radical (unpaired) electrons. The zero-order valence-electron chi connectivity index (χ0n) is 17.8. The Labute approximate surface area is 198 Å². The van der Waals surface area contributed by atoms with Crippen molar-refractivity contribution >= 4 is 22.5 Å². The zero-order valence-corrected chi connectivity index (χ0v) is 17.8. The van der Waals surface area contributed by atoms with E-state index in [4.69, 9.17) is 0 Å². The highest BCUT2D eigenvalue weighted by Crippen LogP contribution is 2.35. The van der Waals surface area contributed by atoms with E-state index in [-0.39, 0.29) is 33.7 Å². The summed E-state index contributed by atoms with van der Waals surface area (Å²) >= 11 is 0. The molecular formula is C22H11F4N9O. The molecule has 0 fully saturated rings. The number of amides is 1. The molecule has 5 aromatic rings. The molecule has 0 aliphatic heterocycles. The quantitative estimate of drug-likeness (QED) is 0.379. The minimum Gasteiger partial charge on any atom is -0.320 e. The van der Waals surface area contributed by atoms with Gasteiger partial charge in [0.2, 0.25) is 0 Å². The van der Waals surface area contributed by atoms with Gasteiger partial charge in [0.15, 0.2) is 11.5 Å². The van der Waals surface area contributed by atoms with Gasteiger partial charge in [-0.2, -0.15) is 33.7 Å². The summed E-state index contributed by atoms with van der Waals surface area (Å²) in [5.74, 6) is -1.79. The molecule has 14 heteroatoms. The number of fused-ring (bicyclic) bond motifs is 1. The molecule has 36 heavy (non-hydrogen) atoms. The zero-order chi connectivity index (χ0) is 25.4. The van der Waals surface area contributed by atoms with Gasteiger partial charge >= 0.3 is 6.18 Å². The molecule has 4 heterocycles. The third-order valence-corrected chi connectivity index (χ3v) is 5.06. The van der Waals surface area contributed by atoms with Gasteiger partial charge in [0, 0.05) is 11.6 Å². The molecule has 5 rings (SSSR count). The van der Waals surface area contributed by atoms with Crippen molar-refractivity contribution in [2.45, 2.75) is 6.18 Å². The van der Waals surface area contributed by atoms with Crippen LogP contribution in [-0.2, 0) is 6.18 Å². The number of pyridine rings is 2. The average molecular weight is 493 g/mol. The molecule has 178 valence electrons. The van der Waals surface area contributed by atoms with E-state index in [2.05, 4.69) is 30.6 Å². The number of rotatable bonds is 4. The Bertz CT molecular complexity index is 1650. The second-order valence-electron chi connectivity index (χ2n) is 7.26. The van der Waals surface area contributed by atoms with E-state index in [1.54, 1.807) is 0 Å². The number of carbonyl (C=O) groups is 1. The van der Waals surface area contributed by atoms with Crippen LogP contribution in [0.4, 0.5) is 23.2 Å². The topological polar surface area (TPSA) is 127 Å². The predicted octanol–water partition coefficient (Wildman–Crippen LogP) is 3.68. The number of hydrogen-bond donors (Lipinski definition) is 1. The molecular weight excluding hydrogens is 482 g/mol. The van der Waals surface area contributed by atoms with Gasteiger partial charge in [-0.25, -0.2) is 14.1 Å². The third-order valence-electron chi connectivity index (χ3n) is 5.06. The van der Waals surface area contributed by atoms with Crippen molar-refractivity contribution in [3.63, 3.8) is 0 Å². The summed E-state index contributed by atoms with van der Waals surface area (Å²) in [6.07, 6.45) is 0.944. The maximum atomic E-state index is 14.2. The van der Waals surface area contributed by atoms with Gasteiger partial charge in [-0.1, -0.05) is 0 Å². The van der Waals surface area contributed by atoms with Crippen molar-refractivity contribution in [3.8, 4) is 17.6 Å². The summed E-state index contributed by atoms with van der Waals surface area (Å²) in [5, 5.41) is 23.3. The Morgan fingerprint density at radius 1 is 1.03 bits per heavy atom. The van der Waals surface area contributed by atoms with Crippen LogP contribution in [0, 0.1) is 17.1 Å². The molecule has 0 bridgehead atoms. The molecule has 0 aliphatic carbocycles. The fourth-order valence-corrected chi connectivity index (χ4v) is 3.57. The van der Waals surface area contributed by atoms with Crippen molar-refractivity contribution in [1.29, 1.82) is 5.26 Å². The SMILES string of the molecule is N#Cc1cc(NC(=O)c2cnn(-c3ccc(F)c4ncccc34)c2C(F)(F)F)cnc1-n1nccn1. The molecule has 0 unspecified atom stereocenters. The normalized spacial score (nSPS) is 11.4. The standard InChI is InChI=1S/C22H11F4N9O/c23-16-3-4-17(14-2-1-5-28-18(14)16)34-19(22(24,25)26)15(11-32-34)21(36)33-13-8-12(9-27)20(29-10-13)35-30-6-7-31-35/h1-8,10-11H,(H,33,36). The number of nitrogens with zero attached hydrogens (tertiary/aromatic N) is 8. The van der Waals surface area contributed by atoms with Gasteiger partial charge in [-0.3, -0.25) is 9.78 Å². The molecule has 1 aromatic carbocycles. The number of hydrogen-bond acceptors (Lipinski definition) is 7. The summed E-state index contributed by atoms with van der Waals surface area (Å²) in [5.41, 5.74) is -2.49. The molecule has 1 N–H and O–H groups in total. The fraction of sp³-hybridized carbons (Fsp3) is 0.0455. The van der Waals surface area contributed by atoms with Crippen molar-refractivity contribution < 1.29 is 22.4 Å². The first-order valence-corrected chi connectivity index (χ1v) is 10.0. The second-order valence-corrected chi connectivity index (χ2v) is 7.26. The lowest BCUT2D eigenvalue weighted by atomic mass is 10.1. The largest absolute Gasteiger partial charge is 0.434 e. The Hall–Kier alpha value is -5.19. The highest BCUT2D eigenvalue weighted by Gasteiger charge is 2.41. The van der Waals surface area contributed by atoms with Gasteiger partial charge in [-0.05, 0) is 30.3 Å². The van der Waals surface area contributed by atoms with E-state index < -0.39 is 29.2 Å². The Morgan fingerprint density at radius 2 is 1.81 bits per heavy atom. The van der Waals surface area contributed by atoms with Crippen molar-refractivity contribution in [1.82, 2.24) is 34.7 Å². The Kier molecular flexibility index (Phi) is 5.36. The molecule has 0 saturated carbocycles. The number of benzene rings is 1. The van der Waals surface area contributed by atoms with E-state index in [1.165, 1.54) is 36.8 Å². The molecule has 1 amide bonds. The fourth-order valence-electron chi connectivity index (χ4n) is 3.57. The van der Waals surface area contributed by atoms with Gasteiger partial charge in [0.05, 0.1) is 41.7 Å². The van der Waals surface area contributed by atoms with Crippen LogP contribution in [0.15, 0.2) is 61.3 Å². The maximum Gasteiger partial charge on any atom is 0.434 e. The van der Waals surface area contributed by atoms with Crippen LogP contribution in [0.1, 0.15) is 21.6 Å². The number of aromatic nitrogens is 7. The minimum absolute atomic E-state index is 0.0268. The number of halogens is 4. The second kappa shape index (κ2) is 8.55. The first-order valence-electron chi connectivity index (χ1n) is 10.0. The number of nitriles is 1. The molecule has 10 nitrogen and oxygen atoms in total. The predicted molar refractivity (Wildman–Crippen MR) is 116 cm³/mol. The van der Waals surface area contributed by atoms with Gasteiger partial charge in [-0.15, -0.1) is 4.80 Å². The molecule has 0 saturated heterocycles. The van der Waals surface area contributed by atoms with Crippen LogP contribution in [0.3, 0.4) is 0 Å². The summed E-state index contributed by atoms with van der Waals surface area (Å²) in [6, 6.07) is 8.02. The van der Waals surface area contributed by atoms with Crippen LogP contribution in [0.2, 0.25) is 0 Å². The van der Waals surface area contributed by atoms with Crippen LogP contribution >= 0.6 is 0 Å². The summed E-state index contributed by atoms with van der Waals surface area (Å²) < 4.78 is 57.1. The highest BCUT2D eigenvalue weighted by molar-refractivity contribution is 6.05. The van der Waals surface area contributed by atoms with Crippen molar-refractivity contribution in [2.75, 3.05) is 5.32 Å². The van der Waals surface area contributed by atoms with Gasteiger partial charge in [0.25, 0.3) is 5.91 Å². The molecule has 0 atom stereocenters. The highest BCUT2D eigenvalue weighted by atomic mass is 19.4. The summed E-state index contributed by atoms with van der Waals surface area (Å²) in [4.78, 5) is 21.9. The summed E-state index contributed by atoms with van der Waals surface area (Å²) in [7, 11) is 0. The van der Waals surface area contributed by atoms with Crippen LogP contribution < -0.4 is 5.32 Å². The third kappa shape index (κ3) is 3.88. The van der Waals surface area contributed by atoms with E-state index >= 15 is 0 Å². The van der Waals surface area contributed by atoms with E-state index in [9.17, 15) is 27.6 Å². The molecule has 0 aliphatic rings. The maximum absolute atomic E-state index is 14.2. The first-order chi connectivity index (χ1) is 17.3. The number of alkyl halides is 3. The van der Waals surface area contributed by atoms with E-state index in [1.807, 2.05) is 6.07 Å². The number of anilines is 1.